The molecular formula is C45H87O10P. The summed E-state index contributed by atoms with van der Waals surface area (Å²) in [7, 11) is -4.79. The molecule has 10 nitrogen and oxygen atoms in total. The first-order valence-electron chi connectivity index (χ1n) is 23.1. The molecule has 0 amide bonds. The summed E-state index contributed by atoms with van der Waals surface area (Å²) in [5.74, 6) is -0.984. The van der Waals surface area contributed by atoms with Crippen LogP contribution in [-0.2, 0) is 28.2 Å². The van der Waals surface area contributed by atoms with Crippen LogP contribution < -0.4 is 0 Å². The van der Waals surface area contributed by atoms with E-state index in [1.54, 1.807) is 0 Å². The number of rotatable bonds is 43. The molecule has 0 aliphatic heterocycles. The van der Waals surface area contributed by atoms with Crippen LogP contribution >= 0.6 is 7.82 Å². The van der Waals surface area contributed by atoms with Crippen molar-refractivity contribution < 1.29 is 48.2 Å². The Labute approximate surface area is 342 Å². The topological polar surface area (TPSA) is 160 Å². The maximum absolute atomic E-state index is 12.4. The second-order valence-corrected chi connectivity index (χ2v) is 17.3. The van der Waals surface area contributed by atoms with Crippen LogP contribution in [0.2, 0.25) is 0 Å². The first-order chi connectivity index (χ1) is 27.1. The smallest absolute Gasteiger partial charge is 0.462 e. The van der Waals surface area contributed by atoms with Gasteiger partial charge in [-0.05, 0) is 38.5 Å². The summed E-state index contributed by atoms with van der Waals surface area (Å²) >= 11 is 0. The fourth-order valence-electron chi connectivity index (χ4n) is 6.87. The second-order valence-electron chi connectivity index (χ2n) is 16.0. The molecule has 0 spiro atoms. The van der Waals surface area contributed by atoms with Gasteiger partial charge in [0.1, 0.15) is 6.61 Å². The Morgan fingerprint density at radius 3 is 1.39 bits per heavy atom. The summed E-state index contributed by atoms with van der Waals surface area (Å²) in [5.41, 5.74) is 0. The van der Waals surface area contributed by atoms with E-state index in [-0.39, 0.29) is 19.4 Å². The van der Waals surface area contributed by atoms with Gasteiger partial charge in [0, 0.05) is 12.8 Å². The third kappa shape index (κ3) is 40.9. The molecule has 0 fully saturated rings. The zero-order valence-corrected chi connectivity index (χ0v) is 36.9. The minimum absolute atomic E-state index is 0.172. The molecule has 0 radical (unpaired) electrons. The van der Waals surface area contributed by atoms with E-state index in [0.29, 0.717) is 25.7 Å². The first-order valence-corrected chi connectivity index (χ1v) is 24.7. The Morgan fingerprint density at radius 2 is 0.929 bits per heavy atom. The number of hydrogen-bond donors (Lipinski definition) is 4. The molecule has 56 heavy (non-hydrogen) atoms. The fraction of sp³-hybridized carbons (Fsp3) is 0.911. The number of carbonyl (C=O) groups is 2. The van der Waals surface area contributed by atoms with Gasteiger partial charge in [0.05, 0.1) is 18.8 Å². The number of unbranched alkanes of at least 4 members (excludes halogenated alkanes) is 27. The lowest BCUT2D eigenvalue weighted by Gasteiger charge is -2.18. The summed E-state index contributed by atoms with van der Waals surface area (Å²) in [6, 6.07) is 0. The minimum Gasteiger partial charge on any atom is -0.462 e. The van der Waals surface area contributed by atoms with Crippen molar-refractivity contribution in [1.29, 1.82) is 0 Å². The van der Waals surface area contributed by atoms with Crippen molar-refractivity contribution in [2.24, 2.45) is 0 Å². The highest BCUT2D eigenvalue weighted by atomic mass is 31.2. The number of ether oxygens (including phenoxy) is 2. The molecular weight excluding hydrogens is 731 g/mol. The van der Waals surface area contributed by atoms with Gasteiger partial charge >= 0.3 is 19.8 Å². The fourth-order valence-corrected chi connectivity index (χ4v) is 7.23. The number of aliphatic hydroxyl groups excluding tert-OH is 2. The van der Waals surface area contributed by atoms with Crippen LogP contribution in [0.15, 0.2) is 12.2 Å². The van der Waals surface area contributed by atoms with Crippen molar-refractivity contribution >= 4 is 19.8 Å². The molecule has 332 valence electrons. The molecule has 0 aliphatic carbocycles. The van der Waals surface area contributed by atoms with Crippen LogP contribution in [0.3, 0.4) is 0 Å². The van der Waals surface area contributed by atoms with Gasteiger partial charge in [-0.3, -0.25) is 14.1 Å². The lowest BCUT2D eigenvalue weighted by Crippen LogP contribution is -2.29. The molecule has 3 atom stereocenters. The molecule has 11 heteroatoms. The van der Waals surface area contributed by atoms with Gasteiger partial charge in [0.25, 0.3) is 0 Å². The number of esters is 2. The molecule has 0 aromatic carbocycles. The van der Waals surface area contributed by atoms with Crippen LogP contribution in [0.4, 0.5) is 0 Å². The maximum Gasteiger partial charge on any atom is 0.469 e. The number of carbonyl (C=O) groups excluding carboxylic acids is 2. The van der Waals surface area contributed by atoms with Crippen LogP contribution in [0.1, 0.15) is 232 Å². The van der Waals surface area contributed by atoms with E-state index in [1.807, 2.05) is 6.08 Å². The highest BCUT2D eigenvalue weighted by molar-refractivity contribution is 7.46. The maximum atomic E-state index is 12.4. The van der Waals surface area contributed by atoms with Gasteiger partial charge < -0.3 is 29.5 Å². The highest BCUT2D eigenvalue weighted by Crippen LogP contribution is 2.36. The van der Waals surface area contributed by atoms with Crippen LogP contribution in [0.5, 0.6) is 0 Å². The molecule has 0 aromatic heterocycles. The zero-order chi connectivity index (χ0) is 41.4. The molecule has 0 saturated carbocycles. The van der Waals surface area contributed by atoms with Gasteiger partial charge in [-0.25, -0.2) is 4.57 Å². The Morgan fingerprint density at radius 1 is 0.518 bits per heavy atom. The van der Waals surface area contributed by atoms with Gasteiger partial charge in [0.2, 0.25) is 0 Å². The normalized spacial score (nSPS) is 13.6. The molecule has 0 unspecified atom stereocenters. The first kappa shape index (κ1) is 54.7. The second kappa shape index (κ2) is 40.5. The number of phosphoric acid groups is 1. The van der Waals surface area contributed by atoms with E-state index in [9.17, 15) is 24.4 Å². The van der Waals surface area contributed by atoms with Crippen LogP contribution in [-0.4, -0.2) is 63.5 Å². The molecule has 0 aliphatic rings. The predicted molar refractivity (Wildman–Crippen MR) is 228 cm³/mol. The van der Waals surface area contributed by atoms with E-state index < -0.39 is 44.7 Å². The Bertz CT molecular complexity index is 955. The molecule has 0 saturated heterocycles. The lowest BCUT2D eigenvalue weighted by molar-refractivity contribution is -0.161. The van der Waals surface area contributed by atoms with Gasteiger partial charge in [-0.15, -0.1) is 0 Å². The van der Waals surface area contributed by atoms with E-state index in [0.717, 1.165) is 57.8 Å². The summed E-state index contributed by atoms with van der Waals surface area (Å²) < 4.78 is 26.4. The van der Waals surface area contributed by atoms with Crippen molar-refractivity contribution in [3.05, 3.63) is 12.2 Å². The van der Waals surface area contributed by atoms with Crippen molar-refractivity contribution in [3.8, 4) is 0 Å². The van der Waals surface area contributed by atoms with Crippen LogP contribution in [0.25, 0.3) is 0 Å². The van der Waals surface area contributed by atoms with E-state index in [4.69, 9.17) is 19.3 Å². The summed E-state index contributed by atoms with van der Waals surface area (Å²) in [6.45, 7) is 3.53. The number of allylic oxidation sites excluding steroid dienone is 1. The van der Waals surface area contributed by atoms with Crippen molar-refractivity contribution in [1.82, 2.24) is 0 Å². The average molecular weight is 819 g/mol. The average Bonchev–Trinajstić information content (AvgIpc) is 3.16. The predicted octanol–water partition coefficient (Wildman–Crippen LogP) is 12.1. The summed E-state index contributed by atoms with van der Waals surface area (Å²) in [4.78, 5) is 43.0. The SMILES string of the molecule is CCCCC/C=C\C[C@@H](O)[C@H](O)CCCCCCCC(=O)OC[C@H](COP(=O)(O)O)OC(=O)CCCCCCCCCCCCCCCCCCCCCCC. The van der Waals surface area contributed by atoms with Gasteiger partial charge in [0.15, 0.2) is 6.10 Å². The number of aliphatic hydroxyl groups is 2. The molecule has 0 bridgehead atoms. The molecule has 4 N–H and O–H groups in total. The van der Waals surface area contributed by atoms with E-state index >= 15 is 0 Å². The highest BCUT2D eigenvalue weighted by Gasteiger charge is 2.23. The molecule has 0 aromatic rings. The minimum atomic E-state index is -4.79. The van der Waals surface area contributed by atoms with Crippen molar-refractivity contribution in [3.63, 3.8) is 0 Å². The Kier molecular flexibility index (Phi) is 39.6. The Balaban J connectivity index is 3.92. The standard InChI is InChI=1S/C45H87O10P/c1-3-5-7-9-11-12-13-14-15-16-17-18-19-20-21-22-23-24-25-29-34-38-45(49)55-41(40-54-56(50,51)52)39-53-44(48)37-33-30-26-28-32-36-43(47)42(46)35-31-27-10-8-6-4-2/h27,31,41-43,46-47H,3-26,28-30,32-40H2,1-2H3,(H2,50,51,52)/b31-27-/t41-,42-,43-/m1/s1. The number of phosphoric ester groups is 1. The molecule has 0 rings (SSSR count). The van der Waals surface area contributed by atoms with Gasteiger partial charge in [-0.1, -0.05) is 193 Å². The summed E-state index contributed by atoms with van der Waals surface area (Å²) in [6.07, 6.45) is 38.2. The lowest BCUT2D eigenvalue weighted by atomic mass is 10.0. The third-order valence-corrected chi connectivity index (χ3v) is 11.0. The summed E-state index contributed by atoms with van der Waals surface area (Å²) in [5, 5.41) is 20.4. The monoisotopic (exact) mass is 819 g/mol. The van der Waals surface area contributed by atoms with E-state index in [1.165, 1.54) is 122 Å². The largest absolute Gasteiger partial charge is 0.469 e. The van der Waals surface area contributed by atoms with Crippen molar-refractivity contribution in [2.45, 2.75) is 250 Å². The van der Waals surface area contributed by atoms with Crippen LogP contribution in [0, 0.1) is 0 Å². The molecule has 0 heterocycles. The quantitative estimate of drug-likeness (QED) is 0.0202. The van der Waals surface area contributed by atoms with E-state index in [2.05, 4.69) is 24.4 Å². The number of hydrogen-bond acceptors (Lipinski definition) is 8. The third-order valence-electron chi connectivity index (χ3n) is 10.5. The zero-order valence-electron chi connectivity index (χ0n) is 36.0. The van der Waals surface area contributed by atoms with Gasteiger partial charge in [-0.2, -0.15) is 0 Å². The Hall–Kier alpha value is -1.29. The van der Waals surface area contributed by atoms with Crippen molar-refractivity contribution in [2.75, 3.05) is 13.2 Å².